The highest BCUT2D eigenvalue weighted by Crippen LogP contribution is 2.29. The third-order valence-electron chi connectivity index (χ3n) is 4.84. The van der Waals surface area contributed by atoms with E-state index in [0.717, 1.165) is 11.1 Å². The highest BCUT2D eigenvalue weighted by Gasteiger charge is 2.15. The molecular formula is C21H22ClF2N3OS. The fraction of sp³-hybridized carbons (Fsp3) is 0.286. The van der Waals surface area contributed by atoms with Crippen LogP contribution in [0.4, 0.5) is 8.78 Å². The summed E-state index contributed by atoms with van der Waals surface area (Å²) in [5.41, 5.74) is 2.38. The summed E-state index contributed by atoms with van der Waals surface area (Å²) >= 11 is 10.2. The van der Waals surface area contributed by atoms with E-state index in [1.165, 1.54) is 25.3 Å². The Kier molecular flexibility index (Phi) is 7.29. The molecule has 3 rings (SSSR count). The van der Waals surface area contributed by atoms with E-state index in [4.69, 9.17) is 11.6 Å². The summed E-state index contributed by atoms with van der Waals surface area (Å²) < 4.78 is 30.6. The number of rotatable bonds is 8. The van der Waals surface area contributed by atoms with Crippen LogP contribution >= 0.6 is 24.4 Å². The van der Waals surface area contributed by atoms with Gasteiger partial charge in [-0.1, -0.05) is 24.4 Å². The van der Waals surface area contributed by atoms with Gasteiger partial charge in [0.05, 0.1) is 18.0 Å². The van der Waals surface area contributed by atoms with E-state index < -0.39 is 17.7 Å². The first-order valence-electron chi connectivity index (χ1n) is 9.24. The maximum atomic E-state index is 14.4. The molecule has 1 heterocycles. The van der Waals surface area contributed by atoms with E-state index in [9.17, 15) is 13.9 Å². The summed E-state index contributed by atoms with van der Waals surface area (Å²) in [4.78, 5) is 7.43. The zero-order valence-corrected chi connectivity index (χ0v) is 17.5. The smallest absolute Gasteiger partial charge is 0.138 e. The minimum Gasteiger partial charge on any atom is -0.393 e. The van der Waals surface area contributed by atoms with Crippen LogP contribution in [0.5, 0.6) is 0 Å². The number of hydrogen-bond donors (Lipinski definition) is 4. The number of thiol groups is 1. The minimum atomic E-state index is -0.610. The molecule has 0 saturated heterocycles. The molecule has 2 aromatic carbocycles. The number of halogens is 3. The van der Waals surface area contributed by atoms with E-state index in [0.29, 0.717) is 42.3 Å². The van der Waals surface area contributed by atoms with E-state index in [1.807, 2.05) is 12.1 Å². The number of nitrogens with zero attached hydrogens (tertiary/aromatic N) is 1. The molecule has 1 aromatic heterocycles. The van der Waals surface area contributed by atoms with Crippen molar-refractivity contribution >= 4 is 24.4 Å². The van der Waals surface area contributed by atoms with Crippen molar-refractivity contribution in [2.45, 2.75) is 32.3 Å². The molecule has 4 nitrogen and oxygen atoms in total. The molecule has 0 aliphatic rings. The van der Waals surface area contributed by atoms with Gasteiger partial charge in [-0.3, -0.25) is 4.72 Å². The van der Waals surface area contributed by atoms with Gasteiger partial charge in [0.25, 0.3) is 0 Å². The van der Waals surface area contributed by atoms with Gasteiger partial charge >= 0.3 is 0 Å². The monoisotopic (exact) mass is 437 g/mol. The summed E-state index contributed by atoms with van der Waals surface area (Å²) in [6.07, 6.45) is 2.86. The summed E-state index contributed by atoms with van der Waals surface area (Å²) in [6.45, 7) is 2.02. The van der Waals surface area contributed by atoms with Gasteiger partial charge in [0.1, 0.15) is 17.5 Å². The zero-order valence-electron chi connectivity index (χ0n) is 15.8. The van der Waals surface area contributed by atoms with Gasteiger partial charge in [0.15, 0.2) is 0 Å². The van der Waals surface area contributed by atoms with Crippen LogP contribution in [-0.4, -0.2) is 27.7 Å². The number of aliphatic hydroxyl groups is 1. The number of benzene rings is 2. The molecule has 0 radical (unpaired) electrons. The van der Waals surface area contributed by atoms with Crippen molar-refractivity contribution in [1.29, 1.82) is 0 Å². The van der Waals surface area contributed by atoms with E-state index in [1.54, 1.807) is 6.07 Å². The largest absolute Gasteiger partial charge is 0.393 e. The highest BCUT2D eigenvalue weighted by molar-refractivity contribution is 7.78. The van der Waals surface area contributed by atoms with Gasteiger partial charge in [0, 0.05) is 28.3 Å². The molecule has 29 heavy (non-hydrogen) atoms. The lowest BCUT2D eigenvalue weighted by molar-refractivity contribution is 0.156. The van der Waals surface area contributed by atoms with Crippen LogP contribution in [-0.2, 0) is 6.42 Å². The minimum absolute atomic E-state index is 0.0286. The van der Waals surface area contributed by atoms with Gasteiger partial charge in [-0.25, -0.2) is 13.8 Å². The van der Waals surface area contributed by atoms with Crippen molar-refractivity contribution in [3.8, 4) is 22.6 Å². The lowest BCUT2D eigenvalue weighted by atomic mass is 10.0. The zero-order chi connectivity index (χ0) is 21.0. The van der Waals surface area contributed by atoms with Crippen LogP contribution in [0, 0.1) is 18.6 Å². The number of imidazole rings is 1. The Morgan fingerprint density at radius 3 is 2.79 bits per heavy atom. The molecule has 1 unspecified atom stereocenters. The number of H-pyrrole nitrogens is 1. The molecule has 0 amide bonds. The number of aromatic amines is 1. The number of aliphatic hydroxyl groups excluding tert-OH is 1. The molecule has 0 saturated carbocycles. The van der Waals surface area contributed by atoms with Crippen LogP contribution in [0.1, 0.15) is 24.0 Å². The first-order valence-corrected chi connectivity index (χ1v) is 10.1. The summed E-state index contributed by atoms with van der Waals surface area (Å²) in [6, 6.07) is 8.13. The lowest BCUT2D eigenvalue weighted by Crippen LogP contribution is -2.14. The van der Waals surface area contributed by atoms with E-state index >= 15 is 0 Å². The number of hydrogen-bond acceptors (Lipinski definition) is 4. The SMILES string of the molecule is Cc1c(F)ccc(-c2cnc(-c3ccc(Cl)c(CCC(O)CCNS)c3)[nH]2)c1F. The van der Waals surface area contributed by atoms with Crippen LogP contribution in [0.3, 0.4) is 0 Å². The molecule has 0 fully saturated rings. The Morgan fingerprint density at radius 2 is 2.03 bits per heavy atom. The quantitative estimate of drug-likeness (QED) is 0.371. The van der Waals surface area contributed by atoms with Gasteiger partial charge in [0.2, 0.25) is 0 Å². The number of aryl methyl sites for hydroxylation is 1. The molecular weight excluding hydrogens is 416 g/mol. The molecule has 0 bridgehead atoms. The molecule has 8 heteroatoms. The highest BCUT2D eigenvalue weighted by atomic mass is 35.5. The summed E-state index contributed by atoms with van der Waals surface area (Å²) in [7, 11) is 0. The van der Waals surface area contributed by atoms with Crippen molar-refractivity contribution in [1.82, 2.24) is 14.7 Å². The third-order valence-corrected chi connectivity index (χ3v) is 5.43. The second-order valence-electron chi connectivity index (χ2n) is 6.87. The Bertz CT molecular complexity index is 996. The van der Waals surface area contributed by atoms with Crippen molar-refractivity contribution in [2.75, 3.05) is 6.54 Å². The van der Waals surface area contributed by atoms with Crippen LogP contribution in [0.15, 0.2) is 36.5 Å². The first kappa shape index (κ1) is 21.8. The molecule has 0 aliphatic heterocycles. The Balaban J connectivity index is 1.81. The maximum Gasteiger partial charge on any atom is 0.138 e. The third kappa shape index (κ3) is 5.17. The maximum absolute atomic E-state index is 14.4. The van der Waals surface area contributed by atoms with Crippen LogP contribution in [0.2, 0.25) is 5.02 Å². The molecule has 0 spiro atoms. The molecule has 0 aliphatic carbocycles. The molecule has 1 atom stereocenters. The van der Waals surface area contributed by atoms with Crippen molar-refractivity contribution in [3.63, 3.8) is 0 Å². The molecule has 154 valence electrons. The normalized spacial score (nSPS) is 12.3. The number of aromatic nitrogens is 2. The van der Waals surface area contributed by atoms with Gasteiger partial charge in [-0.2, -0.15) is 0 Å². The van der Waals surface area contributed by atoms with Crippen molar-refractivity contribution in [2.24, 2.45) is 0 Å². The first-order chi connectivity index (χ1) is 13.9. The van der Waals surface area contributed by atoms with Gasteiger partial charge in [-0.05, 0) is 62.1 Å². The Morgan fingerprint density at radius 1 is 1.24 bits per heavy atom. The predicted molar refractivity (Wildman–Crippen MR) is 115 cm³/mol. The predicted octanol–water partition coefficient (Wildman–Crippen LogP) is 5.10. The molecule has 3 N–H and O–H groups in total. The average molecular weight is 438 g/mol. The Labute approximate surface area is 178 Å². The van der Waals surface area contributed by atoms with Crippen molar-refractivity contribution in [3.05, 3.63) is 64.3 Å². The second-order valence-corrected chi connectivity index (χ2v) is 7.60. The van der Waals surface area contributed by atoms with E-state index in [-0.39, 0.29) is 11.1 Å². The standard InChI is InChI=1S/C21H22ClF2N3OS/c1-12-18(23)7-5-16(20(12)24)19-11-25-21(27-19)14-3-6-17(22)13(10-14)2-4-15(28)8-9-26-29/h3,5-7,10-11,15,26,28-29H,2,4,8-9H2,1H3,(H,25,27). The summed E-state index contributed by atoms with van der Waals surface area (Å²) in [5, 5.41) is 10.6. The van der Waals surface area contributed by atoms with E-state index in [2.05, 4.69) is 27.5 Å². The van der Waals surface area contributed by atoms with Gasteiger partial charge in [-0.15, -0.1) is 0 Å². The Hall–Kier alpha value is -1.93. The van der Waals surface area contributed by atoms with Gasteiger partial charge < -0.3 is 10.1 Å². The molecule has 3 aromatic rings. The topological polar surface area (TPSA) is 60.9 Å². The van der Waals surface area contributed by atoms with Crippen molar-refractivity contribution < 1.29 is 13.9 Å². The second kappa shape index (κ2) is 9.71. The lowest BCUT2D eigenvalue weighted by Gasteiger charge is -2.11. The summed E-state index contributed by atoms with van der Waals surface area (Å²) in [5.74, 6) is -0.638. The number of nitrogens with one attached hydrogen (secondary N) is 2. The average Bonchev–Trinajstić information content (AvgIpc) is 3.19. The van der Waals surface area contributed by atoms with Crippen LogP contribution < -0.4 is 4.72 Å². The fourth-order valence-corrected chi connectivity index (χ4v) is 3.43. The fourth-order valence-electron chi connectivity index (χ4n) is 3.09. The van der Waals surface area contributed by atoms with Crippen LogP contribution in [0.25, 0.3) is 22.6 Å².